The maximum absolute atomic E-state index is 6.01. The summed E-state index contributed by atoms with van der Waals surface area (Å²) in [7, 11) is -0.0815. The van der Waals surface area contributed by atoms with Gasteiger partial charge in [0, 0.05) is 5.02 Å². The first-order valence-electron chi connectivity index (χ1n) is 15.2. The summed E-state index contributed by atoms with van der Waals surface area (Å²) in [5.41, 5.74) is 5.36. The smallest absolute Gasteiger partial charge is 0.166 e. The van der Waals surface area contributed by atoms with Crippen LogP contribution in [0.2, 0.25) is 5.02 Å². The second-order valence-electron chi connectivity index (χ2n) is 10.9. The van der Waals surface area contributed by atoms with Gasteiger partial charge in [0.15, 0.2) is 14.7 Å². The maximum Gasteiger partial charge on any atom is 0.166 e. The molecule has 0 bridgehead atoms. The Kier molecular flexibility index (Phi) is 9.97. The highest BCUT2D eigenvalue weighted by Crippen LogP contribution is 2.31. The van der Waals surface area contributed by atoms with Crippen LogP contribution < -0.4 is 21.9 Å². The van der Waals surface area contributed by atoms with Gasteiger partial charge in [0.05, 0.1) is 10.9 Å². The van der Waals surface area contributed by atoms with Crippen LogP contribution in [0.4, 0.5) is 0 Å². The van der Waals surface area contributed by atoms with Gasteiger partial charge >= 0.3 is 0 Å². The molecule has 0 aliphatic rings. The maximum atomic E-state index is 6.01. The first-order valence-corrected chi connectivity index (χ1v) is 16.8. The normalized spacial score (nSPS) is 11.0. The highest BCUT2D eigenvalue weighted by Gasteiger charge is 2.31. The quantitative estimate of drug-likeness (QED) is 0.124. The molecule has 0 amide bonds. The molecule has 45 heavy (non-hydrogen) atoms. The molecule has 0 fully saturated rings. The molecule has 0 saturated carbocycles. The van der Waals surface area contributed by atoms with Crippen LogP contribution in [0.25, 0.3) is 0 Å². The summed E-state index contributed by atoms with van der Waals surface area (Å²) in [6, 6.07) is 72.9. The van der Waals surface area contributed by atoms with Gasteiger partial charge in [-0.25, -0.2) is 0 Å². The molecule has 0 unspecified atom stereocenters. The Morgan fingerprint density at radius 1 is 0.289 bits per heavy atom. The van der Waals surface area contributed by atoms with Crippen molar-refractivity contribution in [3.05, 3.63) is 211 Å². The molecule has 3 heteroatoms. The lowest BCUT2D eigenvalue weighted by molar-refractivity contribution is 1.32. The minimum atomic E-state index is -1.22. The standard InChI is InChI=1S/C24H20B.C18H14ClS/c1-5-13-21(14-6-1)25(22-15-7-2-8-16-22,23-17-9-3-10-18-23)24-19-11-4-12-20-24;19-15-11-13-18(14-12-15)20(16-7-3-1-4-8-16)17-9-5-2-6-10-17/h1-20H;1-14H/q-1;+1. The van der Waals surface area contributed by atoms with Crippen LogP contribution in [0.5, 0.6) is 0 Å². The van der Waals surface area contributed by atoms with E-state index in [1.54, 1.807) is 0 Å². The van der Waals surface area contributed by atoms with Crippen LogP contribution >= 0.6 is 11.6 Å². The van der Waals surface area contributed by atoms with Gasteiger partial charge in [-0.05, 0) is 48.5 Å². The minimum absolute atomic E-state index is 0.0815. The molecule has 7 rings (SSSR count). The van der Waals surface area contributed by atoms with Crippen LogP contribution in [0.15, 0.2) is 221 Å². The lowest BCUT2D eigenvalue weighted by atomic mass is 9.13. The summed E-state index contributed by atoms with van der Waals surface area (Å²) in [6.45, 7) is 0. The van der Waals surface area contributed by atoms with Gasteiger partial charge < -0.3 is 0 Å². The number of hydrogen-bond donors (Lipinski definition) is 0. The molecule has 0 saturated heterocycles. The van der Waals surface area contributed by atoms with Crippen molar-refractivity contribution in [2.75, 3.05) is 0 Å². The molecule has 0 atom stereocenters. The summed E-state index contributed by atoms with van der Waals surface area (Å²) in [4.78, 5) is 3.92. The molecule has 0 nitrogen and oxygen atoms in total. The van der Waals surface area contributed by atoms with Crippen molar-refractivity contribution in [1.82, 2.24) is 0 Å². The number of rotatable bonds is 7. The second kappa shape index (κ2) is 14.8. The highest BCUT2D eigenvalue weighted by molar-refractivity contribution is 7.97. The Bertz CT molecular complexity index is 1660. The average Bonchev–Trinajstić information content (AvgIpc) is 3.13. The minimum Gasteiger partial charge on any atom is -0.195 e. The van der Waals surface area contributed by atoms with Crippen LogP contribution in [0.3, 0.4) is 0 Å². The Balaban J connectivity index is 0.000000163. The fourth-order valence-electron chi connectivity index (χ4n) is 6.21. The number of hydrogen-bond acceptors (Lipinski definition) is 0. The molecule has 7 aromatic carbocycles. The van der Waals surface area contributed by atoms with Crippen LogP contribution in [0, 0.1) is 0 Å². The van der Waals surface area contributed by atoms with Gasteiger partial charge in [-0.15, -0.1) is 0 Å². The molecule has 0 aromatic heterocycles. The lowest BCUT2D eigenvalue weighted by Crippen LogP contribution is -2.74. The number of benzene rings is 7. The topological polar surface area (TPSA) is 0 Å². The van der Waals surface area contributed by atoms with E-state index < -0.39 is 6.15 Å². The van der Waals surface area contributed by atoms with Crippen molar-refractivity contribution in [3.8, 4) is 0 Å². The Morgan fingerprint density at radius 3 is 0.822 bits per heavy atom. The van der Waals surface area contributed by atoms with E-state index in [-0.39, 0.29) is 10.9 Å². The summed E-state index contributed by atoms with van der Waals surface area (Å²) in [5, 5.41) is 0.776. The molecule has 7 aromatic rings. The molecular weight excluding hydrogens is 583 g/mol. The molecule has 0 heterocycles. The van der Waals surface area contributed by atoms with Crippen LogP contribution in [-0.4, -0.2) is 6.15 Å². The summed E-state index contributed by atoms with van der Waals surface area (Å²) in [6.07, 6.45) is -1.22. The molecule has 0 aliphatic carbocycles. The molecule has 0 spiro atoms. The summed E-state index contributed by atoms with van der Waals surface area (Å²) < 4.78 is 0. The SMILES string of the molecule is Clc1ccc([S+](c2ccccc2)c2ccccc2)cc1.c1ccc([B-](c2ccccc2)(c2ccccc2)c2ccccc2)cc1. The molecular formula is C42H34BClS. The molecule has 0 radical (unpaired) electrons. The highest BCUT2D eigenvalue weighted by atomic mass is 35.5. The van der Waals surface area contributed by atoms with E-state index in [9.17, 15) is 0 Å². The Hall–Kier alpha value is -4.76. The lowest BCUT2D eigenvalue weighted by Gasteiger charge is -2.44. The van der Waals surface area contributed by atoms with E-state index in [4.69, 9.17) is 11.6 Å². The first kappa shape index (κ1) is 30.3. The molecule has 0 N–H and O–H groups in total. The molecule has 218 valence electrons. The van der Waals surface area contributed by atoms with E-state index in [0.717, 1.165) is 5.02 Å². The van der Waals surface area contributed by atoms with Gasteiger partial charge in [0.25, 0.3) is 0 Å². The predicted molar refractivity (Wildman–Crippen MR) is 197 cm³/mol. The van der Waals surface area contributed by atoms with Crippen molar-refractivity contribution >= 4 is 50.5 Å². The van der Waals surface area contributed by atoms with Crippen molar-refractivity contribution in [2.24, 2.45) is 0 Å². The largest absolute Gasteiger partial charge is 0.195 e. The zero-order chi connectivity index (χ0) is 30.7. The number of halogens is 1. The fraction of sp³-hybridized carbons (Fsp3) is 0. The molecule has 0 aliphatic heterocycles. The van der Waals surface area contributed by atoms with Gasteiger partial charge in [0.1, 0.15) is 6.15 Å². The van der Waals surface area contributed by atoms with Gasteiger partial charge in [0.2, 0.25) is 0 Å². The zero-order valence-corrected chi connectivity index (χ0v) is 26.6. The van der Waals surface area contributed by atoms with Crippen molar-refractivity contribution in [3.63, 3.8) is 0 Å². The second-order valence-corrected chi connectivity index (χ2v) is 13.4. The predicted octanol–water partition coefficient (Wildman–Crippen LogP) is 8.50. The zero-order valence-electron chi connectivity index (χ0n) is 25.0. The van der Waals surface area contributed by atoms with E-state index in [1.807, 2.05) is 12.1 Å². The van der Waals surface area contributed by atoms with Crippen LogP contribution in [0.1, 0.15) is 0 Å². The third kappa shape index (κ3) is 6.84. The Labute approximate surface area is 275 Å². The van der Waals surface area contributed by atoms with Gasteiger partial charge in [-0.2, -0.15) is 21.9 Å². The van der Waals surface area contributed by atoms with Crippen LogP contribution in [-0.2, 0) is 10.9 Å². The summed E-state index contributed by atoms with van der Waals surface area (Å²) >= 11 is 6.01. The van der Waals surface area contributed by atoms with E-state index in [0.29, 0.717) is 0 Å². The van der Waals surface area contributed by atoms with Gasteiger partial charge in [-0.1, -0.05) is 169 Å². The average molecular weight is 617 g/mol. The first-order chi connectivity index (χ1) is 22.3. The van der Waals surface area contributed by atoms with Crippen molar-refractivity contribution < 1.29 is 0 Å². The van der Waals surface area contributed by atoms with E-state index in [2.05, 4.69) is 194 Å². The van der Waals surface area contributed by atoms with E-state index >= 15 is 0 Å². The fourth-order valence-corrected chi connectivity index (χ4v) is 8.42. The van der Waals surface area contributed by atoms with Crippen molar-refractivity contribution in [2.45, 2.75) is 14.7 Å². The van der Waals surface area contributed by atoms with Gasteiger partial charge in [-0.3, -0.25) is 0 Å². The van der Waals surface area contributed by atoms with Crippen molar-refractivity contribution in [1.29, 1.82) is 0 Å². The summed E-state index contributed by atoms with van der Waals surface area (Å²) in [5.74, 6) is 0. The van der Waals surface area contributed by atoms with E-state index in [1.165, 1.54) is 36.5 Å². The third-order valence-electron chi connectivity index (χ3n) is 8.21. The Morgan fingerprint density at radius 2 is 0.533 bits per heavy atom. The monoisotopic (exact) mass is 616 g/mol. The third-order valence-corrected chi connectivity index (χ3v) is 10.7.